The highest BCUT2D eigenvalue weighted by Gasteiger charge is 2.44. The molecule has 3 heterocycles. The van der Waals surface area contributed by atoms with Gasteiger partial charge in [-0.2, -0.15) is 4.98 Å². The fourth-order valence-electron chi connectivity index (χ4n) is 3.44. The number of nitrogens with two attached hydrogens (primary N) is 1. The third kappa shape index (κ3) is 2.31. The number of rotatable bonds is 3. The normalized spacial score (nSPS) is 24.7. The Morgan fingerprint density at radius 1 is 1.10 bits per heavy atom. The predicted molar refractivity (Wildman–Crippen MR) is 80.6 cm³/mol. The number of nitrogen functional groups attached to an aromatic ring is 1. The van der Waals surface area contributed by atoms with Crippen molar-refractivity contribution in [3.05, 3.63) is 42.2 Å². The summed E-state index contributed by atoms with van der Waals surface area (Å²) in [6.07, 6.45) is 2.67. The van der Waals surface area contributed by atoms with Gasteiger partial charge in [0.2, 0.25) is 11.9 Å². The van der Waals surface area contributed by atoms with Crippen LogP contribution in [0.1, 0.15) is 12.0 Å². The molecule has 21 heavy (non-hydrogen) atoms. The first kappa shape index (κ1) is 12.5. The number of likely N-dealkylation sites (tertiary alicyclic amines) is 1. The molecule has 2 aliphatic rings. The summed E-state index contributed by atoms with van der Waals surface area (Å²) in [4.78, 5) is 17.2. The van der Waals surface area contributed by atoms with Gasteiger partial charge in [-0.25, -0.2) is 9.97 Å². The van der Waals surface area contributed by atoms with Crippen molar-refractivity contribution in [2.24, 2.45) is 0 Å². The molecule has 1 aromatic carbocycles. The van der Waals surface area contributed by atoms with Crippen molar-refractivity contribution >= 4 is 11.9 Å². The van der Waals surface area contributed by atoms with Gasteiger partial charge in [-0.15, -0.1) is 0 Å². The van der Waals surface area contributed by atoms with Gasteiger partial charge >= 0.3 is 0 Å². The average molecular weight is 282 g/mol. The highest BCUT2D eigenvalue weighted by Crippen LogP contribution is 2.33. The summed E-state index contributed by atoms with van der Waals surface area (Å²) in [7, 11) is 0. The van der Waals surface area contributed by atoms with Crippen LogP contribution in [0.25, 0.3) is 0 Å². The van der Waals surface area contributed by atoms with Gasteiger partial charge in [0.15, 0.2) is 0 Å². The molecule has 0 aliphatic carbocycles. The number of aromatic nitrogens is 3. The lowest BCUT2D eigenvalue weighted by molar-refractivity contribution is 0.229. The monoisotopic (exact) mass is 282 g/mol. The number of anilines is 2. The van der Waals surface area contributed by atoms with E-state index in [4.69, 9.17) is 5.73 Å². The van der Waals surface area contributed by atoms with E-state index in [1.54, 1.807) is 0 Å². The summed E-state index contributed by atoms with van der Waals surface area (Å²) < 4.78 is 0. The molecule has 2 aliphatic heterocycles. The summed E-state index contributed by atoms with van der Waals surface area (Å²) in [6.45, 7) is 3.06. The van der Waals surface area contributed by atoms with Crippen LogP contribution in [0.15, 0.2) is 36.7 Å². The van der Waals surface area contributed by atoms with Crippen LogP contribution in [0, 0.1) is 0 Å². The maximum Gasteiger partial charge on any atom is 0.230 e. The van der Waals surface area contributed by atoms with Crippen molar-refractivity contribution < 1.29 is 0 Å². The summed E-state index contributed by atoms with van der Waals surface area (Å²) >= 11 is 0. The highest BCUT2D eigenvalue weighted by atomic mass is 15.4. The largest absolute Gasteiger partial charge is 0.368 e. The van der Waals surface area contributed by atoms with Crippen LogP contribution >= 0.6 is 0 Å². The lowest BCUT2D eigenvalue weighted by Gasteiger charge is -2.34. The number of hydrogen-bond acceptors (Lipinski definition) is 6. The molecule has 2 fully saturated rings. The van der Waals surface area contributed by atoms with Gasteiger partial charge in [0.1, 0.15) is 6.33 Å². The van der Waals surface area contributed by atoms with Crippen LogP contribution in [0.5, 0.6) is 0 Å². The van der Waals surface area contributed by atoms with Crippen LogP contribution in [0.4, 0.5) is 11.9 Å². The standard InChI is InChI=1S/C15H18N6/c16-14-17-10-18-15(19-14)21-9-12-6-13(21)8-20(12)7-11-4-2-1-3-5-11/h1-5,10,12-13H,6-9H2,(H2,16,17,18,19). The van der Waals surface area contributed by atoms with Gasteiger partial charge < -0.3 is 10.6 Å². The third-order valence-electron chi connectivity index (χ3n) is 4.42. The molecule has 2 bridgehead atoms. The average Bonchev–Trinajstić information content (AvgIpc) is 3.08. The molecule has 2 saturated heterocycles. The smallest absolute Gasteiger partial charge is 0.230 e. The van der Waals surface area contributed by atoms with E-state index in [1.807, 2.05) is 0 Å². The van der Waals surface area contributed by atoms with E-state index in [2.05, 4.69) is 55.1 Å². The number of piperazine rings is 1. The molecule has 6 heteroatoms. The fourth-order valence-corrected chi connectivity index (χ4v) is 3.44. The molecule has 108 valence electrons. The molecule has 6 nitrogen and oxygen atoms in total. The Labute approximate surface area is 123 Å². The van der Waals surface area contributed by atoms with E-state index >= 15 is 0 Å². The molecule has 2 unspecified atom stereocenters. The minimum atomic E-state index is 0.295. The molecule has 2 N–H and O–H groups in total. The Balaban J connectivity index is 1.46. The first-order valence-electron chi connectivity index (χ1n) is 7.29. The van der Waals surface area contributed by atoms with Crippen molar-refractivity contribution in [1.29, 1.82) is 0 Å². The maximum absolute atomic E-state index is 5.65. The van der Waals surface area contributed by atoms with Gasteiger partial charge in [0.25, 0.3) is 0 Å². The SMILES string of the molecule is Nc1ncnc(N2CC3CC2CN3Cc2ccccc2)n1. The quantitative estimate of drug-likeness (QED) is 0.902. The van der Waals surface area contributed by atoms with Gasteiger partial charge in [0.05, 0.1) is 0 Å². The molecule has 0 amide bonds. The Bertz CT molecular complexity index is 631. The van der Waals surface area contributed by atoms with Crippen LogP contribution in [0.3, 0.4) is 0 Å². The Morgan fingerprint density at radius 3 is 2.67 bits per heavy atom. The molecule has 0 spiro atoms. The number of nitrogens with zero attached hydrogens (tertiary/aromatic N) is 5. The third-order valence-corrected chi connectivity index (χ3v) is 4.42. The summed E-state index contributed by atoms with van der Waals surface area (Å²) in [6, 6.07) is 11.7. The van der Waals surface area contributed by atoms with E-state index < -0.39 is 0 Å². The van der Waals surface area contributed by atoms with E-state index in [0.29, 0.717) is 18.0 Å². The predicted octanol–water partition coefficient (Wildman–Crippen LogP) is 0.917. The van der Waals surface area contributed by atoms with Gasteiger partial charge in [0, 0.05) is 31.7 Å². The number of benzene rings is 1. The van der Waals surface area contributed by atoms with Crippen molar-refractivity contribution in [3.8, 4) is 0 Å². The van der Waals surface area contributed by atoms with Crippen molar-refractivity contribution in [2.45, 2.75) is 25.0 Å². The number of fused-ring (bicyclic) bond motifs is 2. The van der Waals surface area contributed by atoms with Crippen molar-refractivity contribution in [2.75, 3.05) is 23.7 Å². The van der Waals surface area contributed by atoms with E-state index in [0.717, 1.165) is 25.6 Å². The Kier molecular flexibility index (Phi) is 2.96. The molecule has 0 radical (unpaired) electrons. The second-order valence-corrected chi connectivity index (χ2v) is 5.75. The molecule has 0 saturated carbocycles. The maximum atomic E-state index is 5.65. The fraction of sp³-hybridized carbons (Fsp3) is 0.400. The molecule has 2 aromatic rings. The second kappa shape index (κ2) is 4.96. The Hall–Kier alpha value is -2.21. The first-order chi connectivity index (χ1) is 10.3. The minimum Gasteiger partial charge on any atom is -0.368 e. The van der Waals surface area contributed by atoms with Gasteiger partial charge in [-0.05, 0) is 12.0 Å². The summed E-state index contributed by atoms with van der Waals surface area (Å²) in [5.41, 5.74) is 7.03. The zero-order chi connectivity index (χ0) is 14.2. The van der Waals surface area contributed by atoms with Crippen molar-refractivity contribution in [1.82, 2.24) is 19.9 Å². The first-order valence-corrected chi connectivity index (χ1v) is 7.29. The molecule has 1 aromatic heterocycles. The van der Waals surface area contributed by atoms with Gasteiger partial charge in [-0.1, -0.05) is 30.3 Å². The minimum absolute atomic E-state index is 0.295. The molecule has 4 rings (SSSR count). The van der Waals surface area contributed by atoms with Crippen LogP contribution < -0.4 is 10.6 Å². The van der Waals surface area contributed by atoms with Crippen molar-refractivity contribution in [3.63, 3.8) is 0 Å². The molecular weight excluding hydrogens is 264 g/mol. The topological polar surface area (TPSA) is 71.2 Å². The van der Waals surface area contributed by atoms with Crippen LogP contribution in [-0.2, 0) is 6.54 Å². The highest BCUT2D eigenvalue weighted by molar-refractivity contribution is 5.39. The lowest BCUT2D eigenvalue weighted by Crippen LogP contribution is -2.46. The van der Waals surface area contributed by atoms with Gasteiger partial charge in [-0.3, -0.25) is 4.90 Å². The molecular formula is C15H18N6. The number of hydrogen-bond donors (Lipinski definition) is 1. The lowest BCUT2D eigenvalue weighted by atomic mass is 10.2. The van der Waals surface area contributed by atoms with E-state index in [9.17, 15) is 0 Å². The van der Waals surface area contributed by atoms with E-state index in [1.165, 1.54) is 18.3 Å². The van der Waals surface area contributed by atoms with E-state index in [-0.39, 0.29) is 0 Å². The summed E-state index contributed by atoms with van der Waals surface area (Å²) in [5, 5.41) is 0. The summed E-state index contributed by atoms with van der Waals surface area (Å²) in [5.74, 6) is 1.01. The zero-order valence-electron chi connectivity index (χ0n) is 11.8. The zero-order valence-corrected chi connectivity index (χ0v) is 11.8. The Morgan fingerprint density at radius 2 is 1.95 bits per heavy atom. The van der Waals surface area contributed by atoms with Crippen LogP contribution in [0.2, 0.25) is 0 Å². The van der Waals surface area contributed by atoms with Crippen LogP contribution in [-0.4, -0.2) is 45.0 Å². The second-order valence-electron chi connectivity index (χ2n) is 5.75. The molecule has 2 atom stereocenters.